The van der Waals surface area contributed by atoms with Crippen molar-refractivity contribution in [3.05, 3.63) is 46.1 Å². The molecule has 0 heterocycles. The summed E-state index contributed by atoms with van der Waals surface area (Å²) in [4.78, 5) is 0. The van der Waals surface area contributed by atoms with Gasteiger partial charge in [-0.3, -0.25) is 6.08 Å². The molecule has 1 unspecified atom stereocenters. The molecule has 0 radical (unpaired) electrons. The standard InChI is InChI=1S/C11H19O3Si.3CH3.Pt/c1-5-11(10-8-6-7-9-10)15(12-2,13-3)14-4;;;;/h6,8,11H,5,7H2,1-4H3;3*1H3;/q4*-1;+4. The third-order valence-corrected chi connectivity index (χ3v) is 6.07. The quantitative estimate of drug-likeness (QED) is 0.441. The van der Waals surface area contributed by atoms with Gasteiger partial charge in [0.15, 0.2) is 0 Å². The van der Waals surface area contributed by atoms with Crippen LogP contribution in [0, 0.1) is 28.4 Å². The molecular formula is C14H28O3PtSi. The molecule has 1 aliphatic carbocycles. The van der Waals surface area contributed by atoms with E-state index < -0.39 is 8.80 Å². The summed E-state index contributed by atoms with van der Waals surface area (Å²) in [6, 6.07) is 0. The minimum Gasteiger partial charge on any atom is -0.377 e. The van der Waals surface area contributed by atoms with Gasteiger partial charge in [0.1, 0.15) is 0 Å². The Labute approximate surface area is 136 Å². The maximum absolute atomic E-state index is 5.50. The first-order valence-corrected chi connectivity index (χ1v) is 6.97. The van der Waals surface area contributed by atoms with Crippen LogP contribution in [0.3, 0.4) is 0 Å². The van der Waals surface area contributed by atoms with Gasteiger partial charge >= 0.3 is 29.9 Å². The molecular weight excluding hydrogens is 439 g/mol. The number of allylic oxidation sites excluding steroid dienone is 4. The van der Waals surface area contributed by atoms with Crippen LogP contribution in [0.25, 0.3) is 0 Å². The first-order valence-electron chi connectivity index (χ1n) is 5.16. The van der Waals surface area contributed by atoms with Gasteiger partial charge in [-0.1, -0.05) is 6.92 Å². The summed E-state index contributed by atoms with van der Waals surface area (Å²) in [6.07, 6.45) is 9.32. The van der Waals surface area contributed by atoms with Gasteiger partial charge < -0.3 is 35.6 Å². The Morgan fingerprint density at radius 3 is 1.89 bits per heavy atom. The Bertz CT molecular complexity index is 255. The van der Waals surface area contributed by atoms with E-state index in [0.29, 0.717) is 0 Å². The zero-order chi connectivity index (χ0) is 11.3. The Hall–Kier alpha value is 0.265. The molecule has 5 heteroatoms. The normalized spacial score (nSPS) is 14.2. The van der Waals surface area contributed by atoms with Crippen molar-refractivity contribution >= 4 is 8.80 Å². The van der Waals surface area contributed by atoms with Crippen molar-refractivity contribution in [2.75, 3.05) is 21.3 Å². The van der Waals surface area contributed by atoms with Crippen LogP contribution in [0.5, 0.6) is 0 Å². The van der Waals surface area contributed by atoms with E-state index in [0.717, 1.165) is 18.4 Å². The molecule has 0 aromatic heterocycles. The smallest absolute Gasteiger partial charge is 0.377 e. The molecule has 0 N–H and O–H groups in total. The van der Waals surface area contributed by atoms with Crippen LogP contribution in [-0.4, -0.2) is 30.1 Å². The van der Waals surface area contributed by atoms with Crippen LogP contribution in [0.1, 0.15) is 19.8 Å². The second-order valence-corrected chi connectivity index (χ2v) is 6.54. The van der Waals surface area contributed by atoms with E-state index in [1.807, 2.05) is 0 Å². The SMILES string of the molecule is CCC(C1=[C-]CC=C1)[Si](OC)(OC)OC.[CH3-].[CH3-].[CH3-].[Pt+4]. The van der Waals surface area contributed by atoms with Gasteiger partial charge in [0, 0.05) is 26.9 Å². The number of rotatable bonds is 6. The van der Waals surface area contributed by atoms with E-state index in [1.165, 1.54) is 0 Å². The number of hydrogen-bond acceptors (Lipinski definition) is 3. The first-order chi connectivity index (χ1) is 7.24. The van der Waals surface area contributed by atoms with Crippen molar-refractivity contribution in [1.82, 2.24) is 0 Å². The second kappa shape index (κ2) is 13.3. The van der Waals surface area contributed by atoms with Crippen molar-refractivity contribution < 1.29 is 34.3 Å². The summed E-state index contributed by atoms with van der Waals surface area (Å²) in [5.74, 6) is 0. The Morgan fingerprint density at radius 2 is 1.63 bits per heavy atom. The summed E-state index contributed by atoms with van der Waals surface area (Å²) in [5, 5.41) is 0. The average molecular weight is 468 g/mol. The third-order valence-electron chi connectivity index (χ3n) is 2.79. The largest absolute Gasteiger partial charge is 4.00 e. The molecule has 0 aromatic carbocycles. The predicted octanol–water partition coefficient (Wildman–Crippen LogP) is 3.68. The average Bonchev–Trinajstić information content (AvgIpc) is 2.79. The second-order valence-electron chi connectivity index (χ2n) is 3.42. The molecule has 1 aliphatic rings. The summed E-state index contributed by atoms with van der Waals surface area (Å²) in [7, 11) is 2.40. The van der Waals surface area contributed by atoms with Crippen LogP contribution in [0.4, 0.5) is 0 Å². The molecule has 0 spiro atoms. The monoisotopic (exact) mass is 467 g/mol. The molecule has 0 aromatic rings. The molecule has 1 atom stereocenters. The first kappa shape index (κ1) is 27.6. The molecule has 116 valence electrons. The van der Waals surface area contributed by atoms with Crippen molar-refractivity contribution in [2.24, 2.45) is 0 Å². The summed E-state index contributed by atoms with van der Waals surface area (Å²) >= 11 is 0. The molecule has 1 rings (SSSR count). The maximum atomic E-state index is 5.50. The van der Waals surface area contributed by atoms with Gasteiger partial charge in [-0.25, -0.2) is 11.6 Å². The zero-order valence-electron chi connectivity index (χ0n) is 13.2. The van der Waals surface area contributed by atoms with Crippen LogP contribution >= 0.6 is 0 Å². The van der Waals surface area contributed by atoms with Crippen LogP contribution in [0.15, 0.2) is 17.7 Å². The van der Waals surface area contributed by atoms with Crippen molar-refractivity contribution in [1.29, 1.82) is 0 Å². The van der Waals surface area contributed by atoms with Crippen molar-refractivity contribution in [2.45, 2.75) is 25.3 Å². The summed E-state index contributed by atoms with van der Waals surface area (Å²) in [6.45, 7) is 2.12. The van der Waals surface area contributed by atoms with Gasteiger partial charge in [-0.2, -0.15) is 6.08 Å². The minimum absolute atomic E-state index is 0. The van der Waals surface area contributed by atoms with Gasteiger partial charge in [0.05, 0.1) is 0 Å². The Balaban J connectivity index is -0.000000281. The maximum Gasteiger partial charge on any atom is 4.00 e. The molecule has 3 nitrogen and oxygen atoms in total. The molecule has 0 aliphatic heterocycles. The van der Waals surface area contributed by atoms with Crippen molar-refractivity contribution in [3.63, 3.8) is 0 Å². The van der Waals surface area contributed by atoms with E-state index in [-0.39, 0.29) is 48.9 Å². The predicted molar refractivity (Wildman–Crippen MR) is 80.6 cm³/mol. The van der Waals surface area contributed by atoms with Crippen molar-refractivity contribution in [3.8, 4) is 0 Å². The fourth-order valence-corrected chi connectivity index (χ4v) is 4.43. The fourth-order valence-electron chi connectivity index (χ4n) is 2.00. The van der Waals surface area contributed by atoms with E-state index in [1.54, 1.807) is 21.3 Å². The zero-order valence-corrected chi connectivity index (χ0v) is 16.5. The Morgan fingerprint density at radius 1 is 1.16 bits per heavy atom. The summed E-state index contributed by atoms with van der Waals surface area (Å²) < 4.78 is 16.5. The molecule has 0 saturated carbocycles. The van der Waals surface area contributed by atoms with Gasteiger partial charge in [-0.15, -0.1) is 6.42 Å². The number of hydrogen-bond donors (Lipinski definition) is 0. The fraction of sp³-hybridized carbons (Fsp3) is 0.500. The third kappa shape index (κ3) is 6.05. The van der Waals surface area contributed by atoms with Crippen LogP contribution in [0.2, 0.25) is 5.54 Å². The molecule has 0 fully saturated rings. The van der Waals surface area contributed by atoms with Crippen LogP contribution < -0.4 is 0 Å². The van der Waals surface area contributed by atoms with E-state index >= 15 is 0 Å². The van der Waals surface area contributed by atoms with Gasteiger partial charge in [-0.05, 0) is 6.42 Å². The molecule has 0 amide bonds. The summed E-state index contributed by atoms with van der Waals surface area (Å²) in [5.41, 5.74) is 1.35. The van der Waals surface area contributed by atoms with E-state index in [2.05, 4.69) is 25.2 Å². The molecule has 0 bridgehead atoms. The molecule has 0 saturated heterocycles. The van der Waals surface area contributed by atoms with Gasteiger partial charge in [0.25, 0.3) is 0 Å². The minimum atomic E-state index is -2.56. The molecule has 19 heavy (non-hydrogen) atoms. The Kier molecular flexibility index (Phi) is 19.2. The van der Waals surface area contributed by atoms with Gasteiger partial charge in [0.2, 0.25) is 0 Å². The van der Waals surface area contributed by atoms with E-state index in [9.17, 15) is 0 Å². The van der Waals surface area contributed by atoms with Crippen LogP contribution in [-0.2, 0) is 34.3 Å². The van der Waals surface area contributed by atoms with E-state index in [4.69, 9.17) is 13.3 Å². The topological polar surface area (TPSA) is 27.7 Å².